The molecule has 1 aliphatic rings. The standard InChI is InChI=1S/C15H17ClN2OS2/c1-10-4-2-3-7-18(10)14(19)9-20-15-17-12-8-11(16)5-6-13(12)21-15/h5-6,8,10H,2-4,7,9H2,1H3/t10-/m1/s1. The number of hydrogen-bond acceptors (Lipinski definition) is 4. The van der Waals surface area contributed by atoms with Gasteiger partial charge in [-0.3, -0.25) is 4.79 Å². The number of thioether (sulfide) groups is 1. The molecule has 1 aromatic heterocycles. The Hall–Kier alpha value is -0.780. The number of hydrogen-bond donors (Lipinski definition) is 0. The predicted molar refractivity (Wildman–Crippen MR) is 90.4 cm³/mol. The third-order valence-corrected chi connectivity index (χ3v) is 6.17. The fraction of sp³-hybridized carbons (Fsp3) is 0.467. The Morgan fingerprint density at radius 3 is 3.19 bits per heavy atom. The van der Waals surface area contributed by atoms with Gasteiger partial charge >= 0.3 is 0 Å². The summed E-state index contributed by atoms with van der Waals surface area (Å²) in [6.07, 6.45) is 3.48. The lowest BCUT2D eigenvalue weighted by molar-refractivity contribution is -0.131. The lowest BCUT2D eigenvalue weighted by atomic mass is 10.0. The average molecular weight is 341 g/mol. The second-order valence-corrected chi connectivity index (χ2v) is 8.00. The van der Waals surface area contributed by atoms with Crippen molar-refractivity contribution in [2.45, 2.75) is 36.6 Å². The van der Waals surface area contributed by atoms with Crippen LogP contribution in [0.15, 0.2) is 22.5 Å². The fourth-order valence-corrected chi connectivity index (χ4v) is 4.72. The van der Waals surface area contributed by atoms with Crippen molar-refractivity contribution in [1.82, 2.24) is 9.88 Å². The molecule has 1 fully saturated rings. The van der Waals surface area contributed by atoms with Crippen LogP contribution in [-0.2, 0) is 4.79 Å². The van der Waals surface area contributed by atoms with Gasteiger partial charge in [-0.05, 0) is 44.4 Å². The molecule has 2 aromatic rings. The smallest absolute Gasteiger partial charge is 0.233 e. The number of carbonyl (C=O) groups is 1. The zero-order valence-electron chi connectivity index (χ0n) is 11.8. The summed E-state index contributed by atoms with van der Waals surface area (Å²) in [6, 6.07) is 6.10. The molecule has 3 nitrogen and oxygen atoms in total. The van der Waals surface area contributed by atoms with E-state index in [0.717, 1.165) is 33.9 Å². The van der Waals surface area contributed by atoms with Gasteiger partial charge in [-0.15, -0.1) is 11.3 Å². The molecule has 0 saturated carbocycles. The molecule has 0 spiro atoms. The van der Waals surface area contributed by atoms with Crippen molar-refractivity contribution >= 4 is 50.8 Å². The first-order chi connectivity index (χ1) is 10.1. The number of thiazole rings is 1. The molecular weight excluding hydrogens is 324 g/mol. The van der Waals surface area contributed by atoms with E-state index in [-0.39, 0.29) is 5.91 Å². The molecule has 1 aliphatic heterocycles. The first-order valence-corrected chi connectivity index (χ1v) is 9.30. The van der Waals surface area contributed by atoms with Crippen LogP contribution in [0.4, 0.5) is 0 Å². The first-order valence-electron chi connectivity index (χ1n) is 7.12. The minimum absolute atomic E-state index is 0.226. The van der Waals surface area contributed by atoms with Crippen molar-refractivity contribution < 1.29 is 4.79 Å². The Bertz CT molecular complexity index is 658. The van der Waals surface area contributed by atoms with E-state index >= 15 is 0 Å². The van der Waals surface area contributed by atoms with Crippen LogP contribution >= 0.6 is 34.7 Å². The van der Waals surface area contributed by atoms with Gasteiger partial charge < -0.3 is 4.90 Å². The van der Waals surface area contributed by atoms with Gasteiger partial charge in [0.05, 0.1) is 16.0 Å². The Kier molecular flexibility index (Phi) is 4.72. The van der Waals surface area contributed by atoms with Crippen LogP contribution in [0.1, 0.15) is 26.2 Å². The number of likely N-dealkylation sites (tertiary alicyclic amines) is 1. The largest absolute Gasteiger partial charge is 0.339 e. The Morgan fingerprint density at radius 1 is 1.52 bits per heavy atom. The molecule has 0 bridgehead atoms. The van der Waals surface area contributed by atoms with Gasteiger partial charge in [-0.2, -0.15) is 0 Å². The number of amides is 1. The van der Waals surface area contributed by atoms with Crippen LogP contribution in [0, 0.1) is 0 Å². The summed E-state index contributed by atoms with van der Waals surface area (Å²) in [5, 5.41) is 0.697. The summed E-state index contributed by atoms with van der Waals surface area (Å²) >= 11 is 9.12. The maximum absolute atomic E-state index is 12.3. The Labute approximate surface area is 137 Å². The molecule has 3 rings (SSSR count). The molecule has 0 aliphatic carbocycles. The zero-order valence-corrected chi connectivity index (χ0v) is 14.2. The van der Waals surface area contributed by atoms with Crippen molar-refractivity contribution in [3.63, 3.8) is 0 Å². The topological polar surface area (TPSA) is 33.2 Å². The van der Waals surface area contributed by atoms with E-state index in [1.54, 1.807) is 11.3 Å². The second kappa shape index (κ2) is 6.55. The van der Waals surface area contributed by atoms with Gasteiger partial charge in [0.15, 0.2) is 4.34 Å². The molecule has 0 N–H and O–H groups in total. The van der Waals surface area contributed by atoms with Crippen LogP contribution in [0.5, 0.6) is 0 Å². The molecule has 0 unspecified atom stereocenters. The van der Waals surface area contributed by atoms with E-state index in [1.807, 2.05) is 23.1 Å². The molecule has 1 atom stereocenters. The first kappa shape index (κ1) is 15.1. The van der Waals surface area contributed by atoms with E-state index in [9.17, 15) is 4.79 Å². The molecule has 21 heavy (non-hydrogen) atoms. The van der Waals surface area contributed by atoms with Crippen molar-refractivity contribution in [3.05, 3.63) is 23.2 Å². The molecule has 2 heterocycles. The highest BCUT2D eigenvalue weighted by molar-refractivity contribution is 8.01. The molecular formula is C15H17ClN2OS2. The molecule has 112 valence electrons. The van der Waals surface area contributed by atoms with E-state index in [4.69, 9.17) is 11.6 Å². The number of halogens is 1. The van der Waals surface area contributed by atoms with E-state index in [0.29, 0.717) is 16.8 Å². The summed E-state index contributed by atoms with van der Waals surface area (Å²) < 4.78 is 2.05. The second-order valence-electron chi connectivity index (χ2n) is 5.31. The highest BCUT2D eigenvalue weighted by Crippen LogP contribution is 2.31. The highest BCUT2D eigenvalue weighted by atomic mass is 35.5. The van der Waals surface area contributed by atoms with Crippen molar-refractivity contribution in [1.29, 1.82) is 0 Å². The van der Waals surface area contributed by atoms with Gasteiger partial charge in [0.1, 0.15) is 0 Å². The third-order valence-electron chi connectivity index (χ3n) is 3.77. The molecule has 1 amide bonds. The van der Waals surface area contributed by atoms with E-state index in [2.05, 4.69) is 11.9 Å². The maximum atomic E-state index is 12.3. The molecule has 1 aromatic carbocycles. The van der Waals surface area contributed by atoms with Gasteiger partial charge in [0.25, 0.3) is 0 Å². The minimum Gasteiger partial charge on any atom is -0.339 e. The number of fused-ring (bicyclic) bond motifs is 1. The van der Waals surface area contributed by atoms with Crippen LogP contribution in [-0.4, -0.2) is 34.1 Å². The van der Waals surface area contributed by atoms with Gasteiger partial charge in [0.2, 0.25) is 5.91 Å². The van der Waals surface area contributed by atoms with Crippen molar-refractivity contribution in [2.24, 2.45) is 0 Å². The normalized spacial score (nSPS) is 19.1. The quantitative estimate of drug-likeness (QED) is 0.774. The zero-order chi connectivity index (χ0) is 14.8. The molecule has 0 radical (unpaired) electrons. The fourth-order valence-electron chi connectivity index (χ4n) is 2.62. The van der Waals surface area contributed by atoms with Crippen LogP contribution in [0.25, 0.3) is 10.2 Å². The monoisotopic (exact) mass is 340 g/mol. The van der Waals surface area contributed by atoms with E-state index in [1.165, 1.54) is 18.2 Å². The average Bonchev–Trinajstić information content (AvgIpc) is 2.87. The van der Waals surface area contributed by atoms with Gasteiger partial charge in [-0.1, -0.05) is 23.4 Å². The van der Waals surface area contributed by atoms with Crippen LogP contribution < -0.4 is 0 Å². The summed E-state index contributed by atoms with van der Waals surface area (Å²) in [5.41, 5.74) is 0.911. The number of rotatable bonds is 3. The van der Waals surface area contributed by atoms with E-state index < -0.39 is 0 Å². The number of aromatic nitrogens is 1. The minimum atomic E-state index is 0.226. The molecule has 1 saturated heterocycles. The van der Waals surface area contributed by atoms with Crippen molar-refractivity contribution in [3.8, 4) is 0 Å². The Balaban J connectivity index is 1.64. The van der Waals surface area contributed by atoms with Crippen LogP contribution in [0.3, 0.4) is 0 Å². The third kappa shape index (κ3) is 3.52. The predicted octanol–water partition coefficient (Wildman–Crippen LogP) is 4.44. The number of benzene rings is 1. The maximum Gasteiger partial charge on any atom is 0.233 e. The summed E-state index contributed by atoms with van der Waals surface area (Å²) in [4.78, 5) is 18.9. The number of carbonyl (C=O) groups excluding carboxylic acids is 1. The SMILES string of the molecule is C[C@@H]1CCCCN1C(=O)CSc1nc2cc(Cl)ccc2s1. The lowest BCUT2D eigenvalue weighted by Gasteiger charge is -2.33. The van der Waals surface area contributed by atoms with Crippen LogP contribution in [0.2, 0.25) is 5.02 Å². The van der Waals surface area contributed by atoms with Crippen molar-refractivity contribution in [2.75, 3.05) is 12.3 Å². The van der Waals surface area contributed by atoms with Gasteiger partial charge in [0, 0.05) is 17.6 Å². The number of nitrogens with zero attached hydrogens (tertiary/aromatic N) is 2. The van der Waals surface area contributed by atoms with Gasteiger partial charge in [-0.25, -0.2) is 4.98 Å². The summed E-state index contributed by atoms with van der Waals surface area (Å²) in [5.74, 6) is 0.697. The Morgan fingerprint density at radius 2 is 2.38 bits per heavy atom. The lowest BCUT2D eigenvalue weighted by Crippen LogP contribution is -2.42. The highest BCUT2D eigenvalue weighted by Gasteiger charge is 2.23. The summed E-state index contributed by atoms with van der Waals surface area (Å²) in [7, 11) is 0. The molecule has 6 heteroatoms. The summed E-state index contributed by atoms with van der Waals surface area (Å²) in [6.45, 7) is 3.04. The number of piperidine rings is 1.